The minimum Gasteiger partial charge on any atom is -0.444 e. The van der Waals surface area contributed by atoms with Crippen molar-refractivity contribution in [2.24, 2.45) is 4.99 Å². The van der Waals surface area contributed by atoms with Gasteiger partial charge in [-0.05, 0) is 33.3 Å². The van der Waals surface area contributed by atoms with Gasteiger partial charge >= 0.3 is 6.09 Å². The van der Waals surface area contributed by atoms with E-state index in [1.54, 1.807) is 20.8 Å². The number of nitrogens with one attached hydrogen (secondary N) is 1. The first-order chi connectivity index (χ1) is 14.5. The number of thioether (sulfide) groups is 1. The molecule has 3 atom stereocenters. The summed E-state index contributed by atoms with van der Waals surface area (Å²) in [6.45, 7) is 7.72. The number of ether oxygens (including phenoxy) is 1. The largest absolute Gasteiger partial charge is 0.444 e. The van der Waals surface area contributed by atoms with Crippen LogP contribution in [0.3, 0.4) is 0 Å². The molecule has 0 spiro atoms. The van der Waals surface area contributed by atoms with Gasteiger partial charge in [-0.1, -0.05) is 42.1 Å². The van der Waals surface area contributed by atoms with Crippen molar-refractivity contribution >= 4 is 38.8 Å². The average Bonchev–Trinajstić information content (AvgIpc) is 3.10. The predicted molar refractivity (Wildman–Crippen MR) is 122 cm³/mol. The topological polar surface area (TPSA) is 105 Å². The standard InChI is InChI=1S/C21H29N3O5S2/c1-5-24-16-12-31(27,28)13-17(16)30-19(24)23-18(25)15(11-14-9-7-6-8-10-14)22-20(26)29-21(2,3)4/h6-10,15-17H,5,11-13H2,1-4H3,(H,22,26)/t15-,16+,17+/m0/s1. The molecule has 3 rings (SSSR count). The van der Waals surface area contributed by atoms with Crippen molar-refractivity contribution in [1.82, 2.24) is 10.2 Å². The third-order valence-electron chi connectivity index (χ3n) is 4.99. The number of amidine groups is 1. The Kier molecular flexibility index (Phi) is 7.00. The predicted octanol–water partition coefficient (Wildman–Crippen LogP) is 2.24. The van der Waals surface area contributed by atoms with Crippen molar-refractivity contribution in [1.29, 1.82) is 0 Å². The van der Waals surface area contributed by atoms with Crippen LogP contribution in [0.15, 0.2) is 35.3 Å². The van der Waals surface area contributed by atoms with Gasteiger partial charge in [0.15, 0.2) is 15.0 Å². The van der Waals surface area contributed by atoms with E-state index in [-0.39, 0.29) is 29.2 Å². The van der Waals surface area contributed by atoms with Crippen molar-refractivity contribution in [2.75, 3.05) is 18.1 Å². The number of hydrogen-bond acceptors (Lipinski definition) is 6. The highest BCUT2D eigenvalue weighted by molar-refractivity contribution is 8.15. The molecule has 1 aromatic carbocycles. The van der Waals surface area contributed by atoms with Gasteiger partial charge in [-0.2, -0.15) is 4.99 Å². The quantitative estimate of drug-likeness (QED) is 0.708. The van der Waals surface area contributed by atoms with Crippen LogP contribution in [-0.4, -0.2) is 71.5 Å². The second kappa shape index (κ2) is 9.20. The number of carbonyl (C=O) groups is 2. The number of hydrogen-bond donors (Lipinski definition) is 1. The highest BCUT2D eigenvalue weighted by Gasteiger charge is 2.48. The van der Waals surface area contributed by atoms with Crippen LogP contribution >= 0.6 is 11.8 Å². The molecule has 2 aliphatic heterocycles. The number of aliphatic imine (C=N–C) groups is 1. The van der Waals surface area contributed by atoms with Crippen LogP contribution in [0.4, 0.5) is 4.79 Å². The van der Waals surface area contributed by atoms with E-state index in [1.165, 1.54) is 11.8 Å². The molecule has 2 fully saturated rings. The summed E-state index contributed by atoms with van der Waals surface area (Å²) in [6.07, 6.45) is -0.412. The van der Waals surface area contributed by atoms with Gasteiger partial charge in [0.05, 0.1) is 17.5 Å². The summed E-state index contributed by atoms with van der Waals surface area (Å²) in [4.78, 5) is 31.6. The SMILES string of the molecule is CCN1C(=NC(=O)[C@H](Cc2ccccc2)NC(=O)OC(C)(C)C)S[C@@H]2CS(=O)(=O)C[C@H]21. The maximum atomic E-state index is 13.1. The maximum Gasteiger partial charge on any atom is 0.408 e. The van der Waals surface area contributed by atoms with Crippen LogP contribution in [0.5, 0.6) is 0 Å². The first kappa shape index (κ1) is 23.6. The van der Waals surface area contributed by atoms with Gasteiger partial charge in [0, 0.05) is 18.2 Å². The molecule has 1 N–H and O–H groups in total. The van der Waals surface area contributed by atoms with Crippen LogP contribution in [0.25, 0.3) is 0 Å². The molecular formula is C21H29N3O5S2. The number of amides is 2. The average molecular weight is 468 g/mol. The number of alkyl carbamates (subject to hydrolysis) is 1. The van der Waals surface area contributed by atoms with Crippen molar-refractivity contribution in [3.63, 3.8) is 0 Å². The fourth-order valence-electron chi connectivity index (χ4n) is 3.68. The number of fused-ring (bicyclic) bond motifs is 1. The molecule has 2 saturated heterocycles. The third kappa shape index (κ3) is 6.22. The minimum atomic E-state index is -3.07. The Morgan fingerprint density at radius 2 is 1.94 bits per heavy atom. The Hall–Kier alpha value is -2.07. The van der Waals surface area contributed by atoms with E-state index in [9.17, 15) is 18.0 Å². The van der Waals surface area contributed by atoms with E-state index in [0.717, 1.165) is 5.56 Å². The van der Waals surface area contributed by atoms with Crippen LogP contribution in [0, 0.1) is 0 Å². The summed E-state index contributed by atoms with van der Waals surface area (Å²) in [5.41, 5.74) is 0.186. The molecule has 0 radical (unpaired) electrons. The van der Waals surface area contributed by atoms with E-state index < -0.39 is 33.5 Å². The Morgan fingerprint density at radius 1 is 1.26 bits per heavy atom. The molecule has 0 aliphatic carbocycles. The molecule has 170 valence electrons. The van der Waals surface area contributed by atoms with E-state index in [1.807, 2.05) is 42.2 Å². The van der Waals surface area contributed by atoms with Crippen LogP contribution < -0.4 is 5.32 Å². The summed E-state index contributed by atoms with van der Waals surface area (Å²) in [5, 5.41) is 3.04. The smallest absolute Gasteiger partial charge is 0.408 e. The maximum absolute atomic E-state index is 13.1. The van der Waals surface area contributed by atoms with Gasteiger partial charge in [-0.3, -0.25) is 4.79 Å². The van der Waals surface area contributed by atoms with E-state index in [4.69, 9.17) is 4.74 Å². The lowest BCUT2D eigenvalue weighted by Crippen LogP contribution is -2.45. The molecule has 10 heteroatoms. The minimum absolute atomic E-state index is 0.0787. The number of benzene rings is 1. The van der Waals surface area contributed by atoms with Crippen LogP contribution in [0.1, 0.15) is 33.3 Å². The number of carbonyl (C=O) groups excluding carboxylic acids is 2. The van der Waals surface area contributed by atoms with E-state index >= 15 is 0 Å². The lowest BCUT2D eigenvalue weighted by Gasteiger charge is -2.24. The summed E-state index contributed by atoms with van der Waals surface area (Å²) in [7, 11) is -3.07. The van der Waals surface area contributed by atoms with Gasteiger partial charge in [0.1, 0.15) is 11.6 Å². The highest BCUT2D eigenvalue weighted by atomic mass is 32.2. The lowest BCUT2D eigenvalue weighted by atomic mass is 10.1. The monoisotopic (exact) mass is 467 g/mol. The van der Waals surface area contributed by atoms with Crippen LogP contribution in [0.2, 0.25) is 0 Å². The van der Waals surface area contributed by atoms with Crippen molar-refractivity contribution in [3.8, 4) is 0 Å². The molecule has 31 heavy (non-hydrogen) atoms. The molecule has 2 amide bonds. The molecule has 1 aromatic rings. The Labute approximate surface area is 187 Å². The zero-order chi connectivity index (χ0) is 22.8. The van der Waals surface area contributed by atoms with E-state index in [0.29, 0.717) is 11.7 Å². The van der Waals surface area contributed by atoms with Crippen molar-refractivity contribution < 1.29 is 22.7 Å². The molecule has 0 unspecified atom stereocenters. The molecule has 2 heterocycles. The van der Waals surface area contributed by atoms with Gasteiger partial charge in [0.2, 0.25) is 0 Å². The number of sulfone groups is 1. The molecule has 0 bridgehead atoms. The summed E-state index contributed by atoms with van der Waals surface area (Å²) in [6, 6.07) is 8.30. The fourth-order valence-corrected chi connectivity index (χ4v) is 7.70. The Morgan fingerprint density at radius 3 is 2.55 bits per heavy atom. The molecule has 8 nitrogen and oxygen atoms in total. The second-order valence-corrected chi connectivity index (χ2v) is 12.1. The molecule has 0 aromatic heterocycles. The number of rotatable bonds is 5. The Balaban J connectivity index is 1.79. The van der Waals surface area contributed by atoms with E-state index in [2.05, 4.69) is 10.3 Å². The Bertz CT molecular complexity index is 957. The normalized spacial score (nSPS) is 24.6. The van der Waals surface area contributed by atoms with Gasteiger partial charge in [0.25, 0.3) is 5.91 Å². The van der Waals surface area contributed by atoms with Gasteiger partial charge in [-0.25, -0.2) is 13.2 Å². The van der Waals surface area contributed by atoms with Crippen LogP contribution in [-0.2, 0) is 25.8 Å². The first-order valence-electron chi connectivity index (χ1n) is 10.3. The molecule has 0 saturated carbocycles. The van der Waals surface area contributed by atoms with Gasteiger partial charge in [-0.15, -0.1) is 0 Å². The molecule has 2 aliphatic rings. The first-order valence-corrected chi connectivity index (χ1v) is 13.0. The van der Waals surface area contributed by atoms with Crippen molar-refractivity contribution in [3.05, 3.63) is 35.9 Å². The summed E-state index contributed by atoms with van der Waals surface area (Å²) >= 11 is 1.33. The second-order valence-electron chi connectivity index (χ2n) is 8.71. The molecular weight excluding hydrogens is 438 g/mol. The zero-order valence-corrected chi connectivity index (χ0v) is 19.8. The summed E-state index contributed by atoms with van der Waals surface area (Å²) < 4.78 is 29.3. The lowest BCUT2D eigenvalue weighted by molar-refractivity contribution is -0.119. The number of nitrogens with zero attached hydrogens (tertiary/aromatic N) is 2. The van der Waals surface area contributed by atoms with Crippen molar-refractivity contribution in [2.45, 2.75) is 57.1 Å². The summed E-state index contributed by atoms with van der Waals surface area (Å²) in [5.74, 6) is -0.316. The highest BCUT2D eigenvalue weighted by Crippen LogP contribution is 2.37. The third-order valence-corrected chi connectivity index (χ3v) is 8.24. The fraction of sp³-hybridized carbons (Fsp3) is 0.571. The zero-order valence-electron chi connectivity index (χ0n) is 18.2. The van der Waals surface area contributed by atoms with Gasteiger partial charge < -0.3 is 15.0 Å².